The largest absolute Gasteiger partial charge is 1.00 e. The Kier molecular flexibility index (Phi) is 12.5. The van der Waals surface area contributed by atoms with E-state index in [1.165, 1.54) is 24.0 Å². The van der Waals surface area contributed by atoms with Crippen LogP contribution in [-0.2, 0) is 35.8 Å². The fraction of sp³-hybridized carbons (Fsp3) is 0.590. The third-order valence-corrected chi connectivity index (χ3v) is 12.8. The summed E-state index contributed by atoms with van der Waals surface area (Å²) in [6.07, 6.45) is 1.98. The minimum absolute atomic E-state index is 0. The molecule has 14 nitrogen and oxygen atoms in total. The van der Waals surface area contributed by atoms with Gasteiger partial charge in [0.15, 0.2) is 41.7 Å². The Morgan fingerprint density at radius 3 is 2.13 bits per heavy atom. The van der Waals surface area contributed by atoms with Gasteiger partial charge in [-0.25, -0.2) is 14.4 Å². The van der Waals surface area contributed by atoms with E-state index in [2.05, 4.69) is 32.1 Å². The van der Waals surface area contributed by atoms with Crippen LogP contribution >= 0.6 is 0 Å². The quantitative estimate of drug-likeness (QED) is 0.166. The molecule has 2 unspecified atom stereocenters. The third-order valence-electron chi connectivity index (χ3n) is 12.8. The topological polar surface area (TPSA) is 200 Å². The van der Waals surface area contributed by atoms with E-state index in [1.54, 1.807) is 19.2 Å². The smallest absolute Gasteiger partial charge is 0.339 e. The van der Waals surface area contributed by atoms with Gasteiger partial charge in [-0.3, -0.25) is 4.79 Å². The van der Waals surface area contributed by atoms with Gasteiger partial charge in [0.2, 0.25) is 0 Å². The summed E-state index contributed by atoms with van der Waals surface area (Å²) in [5, 5.41) is 42.6. The van der Waals surface area contributed by atoms with Crippen molar-refractivity contribution in [2.75, 3.05) is 34.8 Å². The van der Waals surface area contributed by atoms with E-state index in [1.807, 2.05) is 24.3 Å². The number of rotatable bonds is 7. The van der Waals surface area contributed by atoms with E-state index in [-0.39, 0.29) is 40.4 Å². The number of likely N-dealkylation sites (tertiary alicyclic amines) is 1. The lowest BCUT2D eigenvalue weighted by atomic mass is 9.52. The molecular weight excluding hydrogens is 768 g/mol. The first kappa shape index (κ1) is 41.6. The molecule has 4 bridgehead atoms. The molecule has 2 aromatic rings. The van der Waals surface area contributed by atoms with Crippen LogP contribution < -0.4 is 26.5 Å². The molecule has 4 heterocycles. The number of benzene rings is 2. The molecule has 3 saturated heterocycles. The number of methoxy groups -OCH3 is 1. The van der Waals surface area contributed by atoms with E-state index in [0.717, 1.165) is 54.6 Å². The highest BCUT2D eigenvalue weighted by Crippen LogP contribution is 2.63. The predicted octanol–water partition coefficient (Wildman–Crippen LogP) is -1.15. The van der Waals surface area contributed by atoms with Crippen molar-refractivity contribution in [3.63, 3.8) is 0 Å². The zero-order valence-electron chi connectivity index (χ0n) is 31.0. The van der Waals surface area contributed by atoms with Crippen molar-refractivity contribution in [2.45, 2.75) is 105 Å². The molecule has 4 fully saturated rings. The van der Waals surface area contributed by atoms with Crippen LogP contribution in [0.3, 0.4) is 0 Å². The van der Waals surface area contributed by atoms with Gasteiger partial charge in [-0.1, -0.05) is 36.4 Å². The maximum absolute atomic E-state index is 12.6. The van der Waals surface area contributed by atoms with Crippen LogP contribution in [0.25, 0.3) is 0 Å². The van der Waals surface area contributed by atoms with E-state index < -0.39 is 36.2 Å². The first-order chi connectivity index (χ1) is 25.1. The lowest BCUT2D eigenvalue weighted by Gasteiger charge is -2.57. The Balaban J connectivity index is 0.000000166. The van der Waals surface area contributed by atoms with Gasteiger partial charge in [-0.05, 0) is 56.0 Å². The van der Waals surface area contributed by atoms with E-state index in [9.17, 15) is 24.3 Å². The van der Waals surface area contributed by atoms with Gasteiger partial charge < -0.3 is 66.1 Å². The van der Waals surface area contributed by atoms with Crippen LogP contribution in [0.5, 0.6) is 11.5 Å². The Morgan fingerprint density at radius 2 is 1.56 bits per heavy atom. The van der Waals surface area contributed by atoms with Crippen LogP contribution in [-0.4, -0.2) is 136 Å². The number of hydrogen-bond donors (Lipinski definition) is 5. The minimum Gasteiger partial charge on any atom is -1.00 e. The summed E-state index contributed by atoms with van der Waals surface area (Å²) in [5.41, 5.74) is 3.17. The Labute approximate surface area is 325 Å². The lowest BCUT2D eigenvalue weighted by molar-refractivity contribution is -0.931. The molecule has 10 atom stereocenters. The number of halogens is 1. The molecule has 4 aliphatic heterocycles. The molecular formula is C39H51BrN2O12. The molecule has 2 aromatic carbocycles. The molecule has 0 radical (unpaired) electrons. The molecule has 0 amide bonds. The van der Waals surface area contributed by atoms with Gasteiger partial charge in [0.25, 0.3) is 0 Å². The molecule has 1 spiro atoms. The van der Waals surface area contributed by atoms with Crippen LogP contribution in [0.15, 0.2) is 42.5 Å². The van der Waals surface area contributed by atoms with Crippen molar-refractivity contribution in [3.05, 3.63) is 59.2 Å². The summed E-state index contributed by atoms with van der Waals surface area (Å²) < 4.78 is 18.4. The highest BCUT2D eigenvalue weighted by atomic mass is 79.9. The number of carboxylic acid groups (broad SMARTS) is 2. The maximum atomic E-state index is 12.6. The van der Waals surface area contributed by atoms with Crippen molar-refractivity contribution in [3.8, 4) is 11.5 Å². The number of carbonyl (C=O) groups excluding carboxylic acids is 2. The first-order valence-corrected chi connectivity index (χ1v) is 18.3. The molecule has 5 N–H and O–H groups in total. The van der Waals surface area contributed by atoms with Crippen molar-refractivity contribution in [2.24, 2.45) is 5.92 Å². The number of aliphatic carboxylic acids is 2. The number of aliphatic hydroxyl groups excluding tert-OH is 3. The van der Waals surface area contributed by atoms with E-state index in [4.69, 9.17) is 34.6 Å². The standard InChI is InChI=1S/C18H21NO3.C17H24NO3.C4H6O6.BrH/c1-19-8-7-18-11-4-5-13(20)17(18)22-16-14(21-2)6-3-10(15(16)18)9-12(11)19;1-18(2)13-8-9-14(18)11-15(10-13)21-17(20)16(19)12-6-4-3-5-7-12;5-1(3(7)8)2(6)4(9)10;/h3,6,11-12,17H,4-5,7-9H2,1-2H3;3-7,13-16,19H,8-11H2,1-2H3;1-2,5-6H,(H,7,8)(H,9,10);1H/q;+1;;/p-1/t11-,12+,17-,18-;13-,14+,15?,16?;1-,2-;/m0.1./s1. The SMILES string of the molecule is COc1ccc2c3c1O[C@H]1C(=O)CC[C@H]4[C@@H](C2)N(C)CC[C@]314.C[N+]1(C)[C@@H]2CC[C@H]1CC(OC(=O)C(O)c1ccccc1)C2.O=C(O)[C@H](O)[C@@H](O)C(=O)O.[Br-]. The number of hydrogen-bond acceptors (Lipinski definition) is 11. The molecule has 296 valence electrons. The van der Waals surface area contributed by atoms with Crippen LogP contribution in [0.2, 0.25) is 0 Å². The second kappa shape index (κ2) is 16.2. The summed E-state index contributed by atoms with van der Waals surface area (Å²) >= 11 is 0. The average molecular weight is 820 g/mol. The number of nitrogens with zero attached hydrogens (tertiary/aromatic N) is 2. The summed E-state index contributed by atoms with van der Waals surface area (Å²) in [4.78, 5) is 46.8. The fourth-order valence-electron chi connectivity index (χ4n) is 9.87. The summed E-state index contributed by atoms with van der Waals surface area (Å²) in [7, 11) is 8.47. The first-order valence-electron chi connectivity index (χ1n) is 18.3. The summed E-state index contributed by atoms with van der Waals surface area (Å²) in [6, 6.07) is 14.9. The molecule has 2 aliphatic carbocycles. The highest BCUT2D eigenvalue weighted by Gasteiger charge is 2.65. The molecule has 15 heteroatoms. The lowest BCUT2D eigenvalue weighted by Crippen LogP contribution is -3.00. The van der Waals surface area contributed by atoms with Crippen molar-refractivity contribution in [1.29, 1.82) is 0 Å². The summed E-state index contributed by atoms with van der Waals surface area (Å²) in [6.45, 7) is 1.05. The number of fused-ring (bicyclic) bond motifs is 2. The minimum atomic E-state index is -2.27. The van der Waals surface area contributed by atoms with E-state index >= 15 is 0 Å². The number of piperidine rings is 2. The second-order valence-electron chi connectivity index (χ2n) is 15.7. The Bertz CT molecular complexity index is 1690. The Hall–Kier alpha value is -3.60. The number of carboxylic acids is 2. The molecule has 0 aromatic heterocycles. The molecule has 1 saturated carbocycles. The predicted molar refractivity (Wildman–Crippen MR) is 188 cm³/mol. The number of quaternary nitrogens is 1. The average Bonchev–Trinajstić information content (AvgIpc) is 3.52. The fourth-order valence-corrected chi connectivity index (χ4v) is 9.87. The second-order valence-corrected chi connectivity index (χ2v) is 15.7. The number of likely N-dealkylation sites (N-methyl/N-ethyl adjacent to an activating group) is 1. The van der Waals surface area contributed by atoms with Gasteiger partial charge >= 0.3 is 17.9 Å². The zero-order chi connectivity index (χ0) is 38.4. The number of ketones is 1. The number of carbonyl (C=O) groups is 4. The molecule has 6 aliphatic rings. The molecule has 8 rings (SSSR count). The van der Waals surface area contributed by atoms with Gasteiger partial charge in [-0.2, -0.15) is 0 Å². The molecule has 54 heavy (non-hydrogen) atoms. The highest BCUT2D eigenvalue weighted by molar-refractivity contribution is 5.89. The number of aliphatic hydroxyl groups is 3. The van der Waals surface area contributed by atoms with Crippen molar-refractivity contribution in [1.82, 2.24) is 4.90 Å². The van der Waals surface area contributed by atoms with Crippen molar-refractivity contribution < 1.29 is 80.4 Å². The maximum Gasteiger partial charge on any atom is 0.339 e. The van der Waals surface area contributed by atoms with Gasteiger partial charge in [0.05, 0.1) is 33.3 Å². The monoisotopic (exact) mass is 818 g/mol. The van der Waals surface area contributed by atoms with Gasteiger partial charge in [0.1, 0.15) is 6.10 Å². The third kappa shape index (κ3) is 7.38. The van der Waals surface area contributed by atoms with Crippen molar-refractivity contribution >= 4 is 23.7 Å². The number of ether oxygens (including phenoxy) is 3. The zero-order valence-corrected chi connectivity index (χ0v) is 32.6. The van der Waals surface area contributed by atoms with Crippen LogP contribution in [0.4, 0.5) is 0 Å². The van der Waals surface area contributed by atoms with E-state index in [0.29, 0.717) is 36.0 Å². The number of esters is 1. The Morgan fingerprint density at radius 1 is 0.944 bits per heavy atom. The normalized spacial score (nSPS) is 30.9. The van der Waals surface area contributed by atoms with Crippen LogP contribution in [0, 0.1) is 5.92 Å². The van der Waals surface area contributed by atoms with Gasteiger partial charge in [-0.15, -0.1) is 0 Å². The van der Waals surface area contributed by atoms with Crippen LogP contribution in [0.1, 0.15) is 67.7 Å². The van der Waals surface area contributed by atoms with Gasteiger partial charge in [0, 0.05) is 49.1 Å². The number of Topliss-reactive ketones (excluding diaryl/α,β-unsaturated/α-hetero) is 1. The summed E-state index contributed by atoms with van der Waals surface area (Å²) in [5.74, 6) is -1.59.